The fraction of sp³-hybridized carbons (Fsp3) is 0.200. The van der Waals surface area contributed by atoms with Crippen molar-refractivity contribution in [2.24, 2.45) is 0 Å². The summed E-state index contributed by atoms with van der Waals surface area (Å²) in [7, 11) is 0. The zero-order valence-electron chi connectivity index (χ0n) is 15.9. The first-order valence-electron chi connectivity index (χ1n) is 9.29. The van der Waals surface area contributed by atoms with Gasteiger partial charge < -0.3 is 5.32 Å². The van der Waals surface area contributed by atoms with Gasteiger partial charge in [-0.05, 0) is 36.8 Å². The lowest BCUT2D eigenvalue weighted by atomic mass is 10.1. The number of hydrogen-bond donors (Lipinski definition) is 2. The summed E-state index contributed by atoms with van der Waals surface area (Å²) in [6, 6.07) is 6.11. The Labute approximate surface area is 174 Å². The minimum atomic E-state index is -4.54. The van der Waals surface area contributed by atoms with Crippen LogP contribution in [0.2, 0.25) is 0 Å². The van der Waals surface area contributed by atoms with Crippen molar-refractivity contribution in [1.29, 1.82) is 0 Å². The number of pyridine rings is 3. The molecule has 3 aromatic rings. The van der Waals surface area contributed by atoms with Gasteiger partial charge in [-0.2, -0.15) is 13.2 Å². The molecule has 2 N–H and O–H groups in total. The first-order valence-corrected chi connectivity index (χ1v) is 9.29. The number of halogens is 4. The molecule has 0 saturated heterocycles. The number of rotatable bonds is 2. The highest BCUT2D eigenvalue weighted by molar-refractivity contribution is 6.02. The van der Waals surface area contributed by atoms with Crippen molar-refractivity contribution in [2.45, 2.75) is 12.6 Å². The van der Waals surface area contributed by atoms with E-state index in [4.69, 9.17) is 0 Å². The summed E-state index contributed by atoms with van der Waals surface area (Å²) < 4.78 is 52.2. The second kappa shape index (κ2) is 8.17. The Kier molecular flexibility index (Phi) is 5.40. The topological polar surface area (TPSA) is 83.0 Å². The number of alkyl halides is 3. The van der Waals surface area contributed by atoms with Gasteiger partial charge in [0.15, 0.2) is 5.82 Å². The van der Waals surface area contributed by atoms with Crippen LogP contribution in [0.5, 0.6) is 0 Å². The second-order valence-electron chi connectivity index (χ2n) is 6.75. The number of hydrogen-bond acceptors (Lipinski definition) is 5. The fourth-order valence-corrected chi connectivity index (χ4v) is 3.08. The zero-order valence-corrected chi connectivity index (χ0v) is 15.9. The highest BCUT2D eigenvalue weighted by Crippen LogP contribution is 2.33. The molecular weight excluding hydrogens is 416 g/mol. The molecule has 1 aliphatic rings. The number of nitrogens with zero attached hydrogens (tertiary/aromatic N) is 4. The van der Waals surface area contributed by atoms with Crippen molar-refractivity contribution in [1.82, 2.24) is 15.0 Å². The number of nitrogens with one attached hydrogen (secondary N) is 2. The second-order valence-corrected chi connectivity index (χ2v) is 6.75. The van der Waals surface area contributed by atoms with Crippen LogP contribution in [0.3, 0.4) is 0 Å². The van der Waals surface area contributed by atoms with Crippen LogP contribution in [0.4, 0.5) is 39.7 Å². The SMILES string of the molecule is O=C(Nc1ccc(F)cn1)N1CCCNc2ccc(-c3cncc(C(F)(F)F)c3)nc21. The van der Waals surface area contributed by atoms with Crippen molar-refractivity contribution in [3.05, 3.63) is 60.3 Å². The molecule has 3 aromatic heterocycles. The molecule has 0 unspecified atom stereocenters. The van der Waals surface area contributed by atoms with Crippen LogP contribution >= 0.6 is 0 Å². The van der Waals surface area contributed by atoms with Crippen molar-refractivity contribution in [3.8, 4) is 11.3 Å². The Morgan fingerprint density at radius 2 is 1.97 bits per heavy atom. The van der Waals surface area contributed by atoms with Crippen LogP contribution in [-0.2, 0) is 6.18 Å². The van der Waals surface area contributed by atoms with Crippen molar-refractivity contribution in [2.75, 3.05) is 28.6 Å². The van der Waals surface area contributed by atoms with Crippen molar-refractivity contribution in [3.63, 3.8) is 0 Å². The average Bonchev–Trinajstić information content (AvgIpc) is 2.97. The van der Waals surface area contributed by atoms with Crippen molar-refractivity contribution < 1.29 is 22.4 Å². The van der Waals surface area contributed by atoms with Gasteiger partial charge in [0, 0.05) is 31.0 Å². The summed E-state index contributed by atoms with van der Waals surface area (Å²) in [5.74, 6) is -0.126. The van der Waals surface area contributed by atoms with Gasteiger partial charge in [0.25, 0.3) is 0 Å². The summed E-state index contributed by atoms with van der Waals surface area (Å²) in [5.41, 5.74) is 0.0708. The van der Waals surface area contributed by atoms with E-state index >= 15 is 0 Å². The van der Waals surface area contributed by atoms with Gasteiger partial charge in [0.1, 0.15) is 11.6 Å². The zero-order chi connectivity index (χ0) is 22.0. The maximum atomic E-state index is 13.1. The third-order valence-corrected chi connectivity index (χ3v) is 4.57. The van der Waals surface area contributed by atoms with Gasteiger partial charge in [0.2, 0.25) is 0 Å². The lowest BCUT2D eigenvalue weighted by molar-refractivity contribution is -0.137. The Hall–Kier alpha value is -3.76. The van der Waals surface area contributed by atoms with E-state index in [1.165, 1.54) is 17.2 Å². The Morgan fingerprint density at radius 1 is 1.13 bits per heavy atom. The molecule has 31 heavy (non-hydrogen) atoms. The van der Waals surface area contributed by atoms with Gasteiger partial charge in [-0.25, -0.2) is 19.2 Å². The summed E-state index contributed by atoms with van der Waals surface area (Å²) in [4.78, 5) is 26.1. The Balaban J connectivity index is 1.68. The largest absolute Gasteiger partial charge is 0.417 e. The molecule has 0 aliphatic carbocycles. The number of urea groups is 1. The van der Waals surface area contributed by atoms with E-state index in [2.05, 4.69) is 25.6 Å². The molecule has 11 heteroatoms. The molecule has 0 bridgehead atoms. The molecule has 0 saturated carbocycles. The highest BCUT2D eigenvalue weighted by Gasteiger charge is 2.31. The summed E-state index contributed by atoms with van der Waals surface area (Å²) >= 11 is 0. The molecule has 0 atom stereocenters. The minimum Gasteiger partial charge on any atom is -0.382 e. The number of carbonyl (C=O) groups is 1. The predicted molar refractivity (Wildman–Crippen MR) is 106 cm³/mol. The lowest BCUT2D eigenvalue weighted by Gasteiger charge is -2.22. The number of aromatic nitrogens is 3. The van der Waals surface area contributed by atoms with Gasteiger partial charge in [0.05, 0.1) is 23.1 Å². The molecule has 2 amide bonds. The van der Waals surface area contributed by atoms with E-state index in [9.17, 15) is 22.4 Å². The summed E-state index contributed by atoms with van der Waals surface area (Å²) in [6.07, 6.45) is -0.930. The molecular formula is C20H16F4N6O. The molecule has 7 nitrogen and oxygen atoms in total. The summed E-state index contributed by atoms with van der Waals surface area (Å²) in [5, 5.41) is 5.73. The van der Waals surface area contributed by atoms with Crippen LogP contribution in [0.1, 0.15) is 12.0 Å². The number of amides is 2. The van der Waals surface area contributed by atoms with E-state index in [1.54, 1.807) is 12.1 Å². The molecule has 0 spiro atoms. The quantitative estimate of drug-likeness (QED) is 0.581. The maximum Gasteiger partial charge on any atom is 0.417 e. The monoisotopic (exact) mass is 432 g/mol. The molecule has 0 radical (unpaired) electrons. The molecule has 4 rings (SSSR count). The van der Waals surface area contributed by atoms with Gasteiger partial charge in [-0.3, -0.25) is 15.2 Å². The van der Waals surface area contributed by atoms with E-state index in [1.807, 2.05) is 0 Å². The number of fused-ring (bicyclic) bond motifs is 1. The molecule has 4 heterocycles. The van der Waals surface area contributed by atoms with Gasteiger partial charge in [-0.15, -0.1) is 0 Å². The molecule has 160 valence electrons. The lowest BCUT2D eigenvalue weighted by Crippen LogP contribution is -2.36. The van der Waals surface area contributed by atoms with E-state index in [0.29, 0.717) is 25.2 Å². The van der Waals surface area contributed by atoms with E-state index in [0.717, 1.165) is 24.5 Å². The fourth-order valence-electron chi connectivity index (χ4n) is 3.08. The predicted octanol–water partition coefficient (Wildman–Crippen LogP) is 4.55. The number of carbonyl (C=O) groups excluding carboxylic acids is 1. The average molecular weight is 432 g/mol. The number of anilines is 3. The van der Waals surface area contributed by atoms with Gasteiger partial charge >= 0.3 is 12.2 Å². The molecule has 1 aliphatic heterocycles. The van der Waals surface area contributed by atoms with Crippen LogP contribution in [0.15, 0.2) is 48.9 Å². The van der Waals surface area contributed by atoms with Crippen LogP contribution in [0, 0.1) is 5.82 Å². The van der Waals surface area contributed by atoms with E-state index < -0.39 is 23.6 Å². The van der Waals surface area contributed by atoms with Crippen LogP contribution < -0.4 is 15.5 Å². The first-order chi connectivity index (χ1) is 14.8. The van der Waals surface area contributed by atoms with E-state index in [-0.39, 0.29) is 22.9 Å². The Bertz CT molecular complexity index is 1100. The highest BCUT2D eigenvalue weighted by atomic mass is 19.4. The maximum absolute atomic E-state index is 13.1. The third-order valence-electron chi connectivity index (χ3n) is 4.57. The minimum absolute atomic E-state index is 0.156. The Morgan fingerprint density at radius 3 is 2.71 bits per heavy atom. The standard InChI is InChI=1S/C20H16F4N6O/c21-14-2-5-17(27-11-14)29-19(31)30-7-1-6-26-16-4-3-15(28-18(16)30)12-8-13(10-25-9-12)20(22,23)24/h2-5,8-11,26H,1,6-7H2,(H,27,29,31). The molecule has 0 fully saturated rings. The summed E-state index contributed by atoms with van der Waals surface area (Å²) in [6.45, 7) is 0.891. The van der Waals surface area contributed by atoms with Crippen LogP contribution in [-0.4, -0.2) is 34.1 Å². The van der Waals surface area contributed by atoms with Gasteiger partial charge in [-0.1, -0.05) is 0 Å². The first kappa shape index (κ1) is 20.5. The van der Waals surface area contributed by atoms with Crippen molar-refractivity contribution >= 4 is 23.4 Å². The molecule has 0 aromatic carbocycles. The van der Waals surface area contributed by atoms with Crippen LogP contribution in [0.25, 0.3) is 11.3 Å². The third kappa shape index (κ3) is 4.55. The smallest absolute Gasteiger partial charge is 0.382 e. The normalized spacial score (nSPS) is 13.7.